The van der Waals surface area contributed by atoms with Gasteiger partial charge < -0.3 is 5.73 Å². The van der Waals surface area contributed by atoms with Crippen LogP contribution in [-0.2, 0) is 10.0 Å². The molecule has 1 saturated carbocycles. The van der Waals surface area contributed by atoms with Crippen molar-refractivity contribution in [3.63, 3.8) is 0 Å². The summed E-state index contributed by atoms with van der Waals surface area (Å²) in [5.41, 5.74) is 5.77. The van der Waals surface area contributed by atoms with E-state index in [2.05, 4.69) is 6.92 Å². The Morgan fingerprint density at radius 3 is 2.50 bits per heavy atom. The molecule has 0 aromatic rings. The molecular weight excluding hydrogens is 248 g/mol. The van der Waals surface area contributed by atoms with Gasteiger partial charge in [-0.2, -0.15) is 4.31 Å². The van der Waals surface area contributed by atoms with Gasteiger partial charge in [-0.3, -0.25) is 0 Å². The lowest BCUT2D eigenvalue weighted by atomic mass is 9.84. The van der Waals surface area contributed by atoms with Gasteiger partial charge in [0.1, 0.15) is 0 Å². The van der Waals surface area contributed by atoms with Crippen molar-refractivity contribution in [3.8, 4) is 0 Å². The van der Waals surface area contributed by atoms with Gasteiger partial charge in [-0.05, 0) is 31.1 Å². The van der Waals surface area contributed by atoms with Gasteiger partial charge in [-0.25, -0.2) is 8.42 Å². The van der Waals surface area contributed by atoms with Crippen LogP contribution in [0.15, 0.2) is 0 Å². The largest absolute Gasteiger partial charge is 0.329 e. The van der Waals surface area contributed by atoms with Crippen molar-refractivity contribution in [2.45, 2.75) is 51.5 Å². The molecule has 0 aromatic carbocycles. The summed E-state index contributed by atoms with van der Waals surface area (Å²) in [6.07, 6.45) is 6.61. The smallest absolute Gasteiger partial charge is 0.214 e. The van der Waals surface area contributed by atoms with Gasteiger partial charge >= 0.3 is 0 Å². The summed E-state index contributed by atoms with van der Waals surface area (Å²) in [5.74, 6) is 1.36. The third-order valence-electron chi connectivity index (χ3n) is 4.67. The Kier molecular flexibility index (Phi) is 4.67. The maximum atomic E-state index is 12.4. The van der Waals surface area contributed by atoms with Crippen molar-refractivity contribution >= 4 is 10.0 Å². The predicted octanol–water partition coefficient (Wildman–Crippen LogP) is 1.57. The van der Waals surface area contributed by atoms with E-state index in [4.69, 9.17) is 5.73 Å². The van der Waals surface area contributed by atoms with Crippen molar-refractivity contribution in [3.05, 3.63) is 0 Å². The van der Waals surface area contributed by atoms with Crippen molar-refractivity contribution in [2.75, 3.05) is 18.8 Å². The monoisotopic (exact) mass is 274 g/mol. The van der Waals surface area contributed by atoms with Gasteiger partial charge in [0.15, 0.2) is 0 Å². The van der Waals surface area contributed by atoms with Gasteiger partial charge in [0.25, 0.3) is 0 Å². The molecule has 2 N–H and O–H groups in total. The van der Waals surface area contributed by atoms with Gasteiger partial charge in [-0.15, -0.1) is 0 Å². The summed E-state index contributed by atoms with van der Waals surface area (Å²) in [4.78, 5) is 0. The molecule has 1 saturated heterocycles. The van der Waals surface area contributed by atoms with Crippen molar-refractivity contribution < 1.29 is 8.42 Å². The molecule has 0 amide bonds. The molecule has 5 heteroatoms. The normalized spacial score (nSPS) is 31.2. The Morgan fingerprint density at radius 2 is 1.94 bits per heavy atom. The summed E-state index contributed by atoms with van der Waals surface area (Å²) in [5, 5.41) is 0. The highest BCUT2D eigenvalue weighted by molar-refractivity contribution is 7.89. The lowest BCUT2D eigenvalue weighted by molar-refractivity contribution is 0.191. The van der Waals surface area contributed by atoms with E-state index < -0.39 is 10.0 Å². The van der Waals surface area contributed by atoms with E-state index in [-0.39, 0.29) is 6.04 Å². The molecule has 0 bridgehead atoms. The number of hydrogen-bond acceptors (Lipinski definition) is 3. The molecule has 1 aliphatic heterocycles. The zero-order valence-corrected chi connectivity index (χ0v) is 12.2. The molecule has 0 spiro atoms. The quantitative estimate of drug-likeness (QED) is 0.827. The number of sulfonamides is 1. The highest BCUT2D eigenvalue weighted by Gasteiger charge is 2.35. The molecule has 2 aliphatic rings. The van der Waals surface area contributed by atoms with Crippen LogP contribution in [0.4, 0.5) is 0 Å². The highest BCUT2D eigenvalue weighted by atomic mass is 32.2. The second-order valence-electron chi connectivity index (χ2n) is 5.93. The fraction of sp³-hybridized carbons (Fsp3) is 1.00. The van der Waals surface area contributed by atoms with Crippen LogP contribution in [0.25, 0.3) is 0 Å². The minimum Gasteiger partial charge on any atom is -0.329 e. The van der Waals surface area contributed by atoms with Crippen LogP contribution >= 0.6 is 0 Å². The number of hydrogen-bond donors (Lipinski definition) is 1. The molecule has 18 heavy (non-hydrogen) atoms. The van der Waals surface area contributed by atoms with Crippen LogP contribution in [0, 0.1) is 11.8 Å². The molecule has 1 heterocycles. The first kappa shape index (κ1) is 14.3. The second-order valence-corrected chi connectivity index (χ2v) is 7.98. The van der Waals surface area contributed by atoms with Crippen molar-refractivity contribution in [1.29, 1.82) is 0 Å². The number of piperidine rings is 1. The van der Waals surface area contributed by atoms with Crippen LogP contribution in [0.1, 0.15) is 45.4 Å². The van der Waals surface area contributed by atoms with Crippen molar-refractivity contribution in [1.82, 2.24) is 4.31 Å². The lowest BCUT2D eigenvalue weighted by Crippen LogP contribution is -2.52. The van der Waals surface area contributed by atoms with Gasteiger partial charge in [0.05, 0.1) is 5.75 Å². The Hall–Kier alpha value is -0.130. The summed E-state index contributed by atoms with van der Waals surface area (Å²) in [6, 6.07) is 0.0186. The molecule has 0 radical (unpaired) electrons. The van der Waals surface area contributed by atoms with E-state index >= 15 is 0 Å². The van der Waals surface area contributed by atoms with Gasteiger partial charge in [-0.1, -0.05) is 26.2 Å². The summed E-state index contributed by atoms with van der Waals surface area (Å²) >= 11 is 0. The van der Waals surface area contributed by atoms with Crippen LogP contribution in [0.3, 0.4) is 0 Å². The molecule has 2 atom stereocenters. The highest BCUT2D eigenvalue weighted by Crippen LogP contribution is 2.31. The van der Waals surface area contributed by atoms with E-state index in [9.17, 15) is 8.42 Å². The maximum Gasteiger partial charge on any atom is 0.214 e. The fourth-order valence-corrected chi connectivity index (χ4v) is 5.10. The number of nitrogens with two attached hydrogens (primary N) is 1. The predicted molar refractivity (Wildman–Crippen MR) is 73.7 cm³/mol. The molecule has 1 aliphatic carbocycles. The first-order chi connectivity index (χ1) is 8.54. The Labute approximate surface area is 111 Å². The van der Waals surface area contributed by atoms with E-state index in [1.807, 2.05) is 0 Å². The standard InChI is InChI=1S/C13H26N2O2S/c1-11-4-3-8-15(13(11)10-14)18(16,17)9-7-12-5-2-6-12/h11-13H,2-10,14H2,1H3. The van der Waals surface area contributed by atoms with E-state index in [0.717, 1.165) is 19.3 Å². The summed E-state index contributed by atoms with van der Waals surface area (Å²) in [7, 11) is -3.10. The molecule has 2 fully saturated rings. The molecule has 106 valence electrons. The Morgan fingerprint density at radius 1 is 1.22 bits per heavy atom. The topological polar surface area (TPSA) is 63.4 Å². The van der Waals surface area contributed by atoms with Gasteiger partial charge in [0.2, 0.25) is 10.0 Å². The van der Waals surface area contributed by atoms with Crippen LogP contribution in [0.2, 0.25) is 0 Å². The Balaban J connectivity index is 1.97. The van der Waals surface area contributed by atoms with Crippen LogP contribution in [0.5, 0.6) is 0 Å². The third kappa shape index (κ3) is 3.06. The zero-order chi connectivity index (χ0) is 13.2. The number of rotatable bonds is 5. The first-order valence-electron chi connectivity index (χ1n) is 7.24. The average molecular weight is 274 g/mol. The summed E-state index contributed by atoms with van der Waals surface area (Å²) < 4.78 is 26.5. The third-order valence-corrected chi connectivity index (χ3v) is 6.59. The minimum atomic E-state index is -3.10. The maximum absolute atomic E-state index is 12.4. The molecule has 2 unspecified atom stereocenters. The lowest BCUT2D eigenvalue weighted by Gasteiger charge is -2.38. The SMILES string of the molecule is CC1CCCN(S(=O)(=O)CCC2CCC2)C1CN. The van der Waals surface area contributed by atoms with Crippen LogP contribution in [-0.4, -0.2) is 37.6 Å². The van der Waals surface area contributed by atoms with E-state index in [0.29, 0.717) is 30.7 Å². The van der Waals surface area contributed by atoms with E-state index in [1.165, 1.54) is 19.3 Å². The first-order valence-corrected chi connectivity index (χ1v) is 8.85. The average Bonchev–Trinajstić information content (AvgIpc) is 2.26. The van der Waals surface area contributed by atoms with Crippen LogP contribution < -0.4 is 5.73 Å². The second kappa shape index (κ2) is 5.88. The zero-order valence-electron chi connectivity index (χ0n) is 11.3. The summed E-state index contributed by atoms with van der Waals surface area (Å²) in [6.45, 7) is 3.23. The number of nitrogens with zero attached hydrogens (tertiary/aromatic N) is 1. The molecule has 4 nitrogen and oxygen atoms in total. The molecule has 0 aromatic heterocycles. The molecule has 2 rings (SSSR count). The minimum absolute atomic E-state index is 0.0186. The molecular formula is C13H26N2O2S. The fourth-order valence-electron chi connectivity index (χ4n) is 3.12. The Bertz CT molecular complexity index is 365. The van der Waals surface area contributed by atoms with E-state index in [1.54, 1.807) is 4.31 Å². The van der Waals surface area contributed by atoms with Crippen molar-refractivity contribution in [2.24, 2.45) is 17.6 Å². The van der Waals surface area contributed by atoms with Gasteiger partial charge in [0, 0.05) is 19.1 Å².